The van der Waals surface area contributed by atoms with Gasteiger partial charge >= 0.3 is 0 Å². The third-order valence-electron chi connectivity index (χ3n) is 4.38. The fourth-order valence-electron chi connectivity index (χ4n) is 3.42. The quantitative estimate of drug-likeness (QED) is 0.804. The summed E-state index contributed by atoms with van der Waals surface area (Å²) in [6.45, 7) is 6.81. The molecule has 2 aliphatic rings. The number of hydrogen-bond donors (Lipinski definition) is 1. The minimum absolute atomic E-state index is 0.253. The van der Waals surface area contributed by atoms with E-state index < -0.39 is 0 Å². The molecule has 2 saturated heterocycles. The van der Waals surface area contributed by atoms with Crippen molar-refractivity contribution in [3.05, 3.63) is 0 Å². The molecule has 0 radical (unpaired) electrons. The highest BCUT2D eigenvalue weighted by Crippen LogP contribution is 2.23. The standard InChI is InChI=1S/C14H27N3O/c1-11-5-3-6-12(2)17(11)14(18)10-16-8-4-7-13(15)9-16/h11-13H,3-10,15H2,1-2H3. The Morgan fingerprint density at radius 2 is 1.83 bits per heavy atom. The molecule has 104 valence electrons. The van der Waals surface area contributed by atoms with Gasteiger partial charge in [0, 0.05) is 24.7 Å². The van der Waals surface area contributed by atoms with E-state index in [1.807, 2.05) is 0 Å². The maximum Gasteiger partial charge on any atom is 0.237 e. The molecule has 2 aliphatic heterocycles. The van der Waals surface area contributed by atoms with E-state index in [2.05, 4.69) is 23.6 Å². The van der Waals surface area contributed by atoms with Gasteiger partial charge in [-0.25, -0.2) is 0 Å². The number of piperidine rings is 2. The normalized spacial score (nSPS) is 34.6. The van der Waals surface area contributed by atoms with Crippen molar-refractivity contribution >= 4 is 5.91 Å². The van der Waals surface area contributed by atoms with Crippen LogP contribution in [0.3, 0.4) is 0 Å². The van der Waals surface area contributed by atoms with Crippen molar-refractivity contribution in [2.75, 3.05) is 19.6 Å². The summed E-state index contributed by atoms with van der Waals surface area (Å²) in [5.74, 6) is 0.295. The molecule has 2 heterocycles. The molecule has 3 unspecified atom stereocenters. The van der Waals surface area contributed by atoms with Gasteiger partial charge < -0.3 is 10.6 Å². The Kier molecular flexibility index (Phi) is 4.62. The Morgan fingerprint density at radius 1 is 1.17 bits per heavy atom. The van der Waals surface area contributed by atoms with Crippen LogP contribution < -0.4 is 5.73 Å². The van der Waals surface area contributed by atoms with Gasteiger partial charge in [-0.05, 0) is 52.5 Å². The number of amides is 1. The fraction of sp³-hybridized carbons (Fsp3) is 0.929. The molecule has 2 fully saturated rings. The molecule has 0 aliphatic carbocycles. The smallest absolute Gasteiger partial charge is 0.237 e. The zero-order chi connectivity index (χ0) is 13.1. The summed E-state index contributed by atoms with van der Waals surface area (Å²) >= 11 is 0. The van der Waals surface area contributed by atoms with E-state index >= 15 is 0 Å². The number of hydrogen-bond acceptors (Lipinski definition) is 3. The Bertz CT molecular complexity index is 285. The van der Waals surface area contributed by atoms with Crippen LogP contribution in [0.1, 0.15) is 46.0 Å². The second-order valence-electron chi connectivity index (χ2n) is 6.07. The highest BCUT2D eigenvalue weighted by molar-refractivity contribution is 5.79. The molecule has 0 aromatic heterocycles. The van der Waals surface area contributed by atoms with Gasteiger partial charge in [0.25, 0.3) is 0 Å². The lowest BCUT2D eigenvalue weighted by Crippen LogP contribution is -2.53. The molecule has 2 rings (SSSR count). The summed E-state index contributed by atoms with van der Waals surface area (Å²) in [7, 11) is 0. The predicted molar refractivity (Wildman–Crippen MR) is 73.3 cm³/mol. The number of likely N-dealkylation sites (tertiary alicyclic amines) is 2. The zero-order valence-electron chi connectivity index (χ0n) is 11.8. The third-order valence-corrected chi connectivity index (χ3v) is 4.38. The van der Waals surface area contributed by atoms with E-state index in [9.17, 15) is 4.79 Å². The maximum absolute atomic E-state index is 12.4. The van der Waals surface area contributed by atoms with Crippen molar-refractivity contribution in [3.8, 4) is 0 Å². The SMILES string of the molecule is CC1CCCC(C)N1C(=O)CN1CCCC(N)C1. The van der Waals surface area contributed by atoms with Crippen LogP contribution in [0.15, 0.2) is 0 Å². The molecule has 18 heavy (non-hydrogen) atoms. The van der Waals surface area contributed by atoms with Crippen molar-refractivity contribution < 1.29 is 4.79 Å². The molecule has 4 heteroatoms. The molecule has 0 aromatic carbocycles. The van der Waals surface area contributed by atoms with Crippen LogP contribution in [-0.2, 0) is 4.79 Å². The molecule has 0 aromatic rings. The van der Waals surface area contributed by atoms with Crippen LogP contribution in [-0.4, -0.2) is 53.5 Å². The van der Waals surface area contributed by atoms with E-state index in [1.165, 1.54) is 6.42 Å². The van der Waals surface area contributed by atoms with Crippen LogP contribution in [0, 0.1) is 0 Å². The van der Waals surface area contributed by atoms with Crippen LogP contribution in [0.5, 0.6) is 0 Å². The minimum atomic E-state index is 0.253. The molecule has 0 bridgehead atoms. The summed E-state index contributed by atoms with van der Waals surface area (Å²) in [5.41, 5.74) is 5.97. The first-order chi connectivity index (χ1) is 8.58. The second kappa shape index (κ2) is 6.02. The topological polar surface area (TPSA) is 49.6 Å². The van der Waals surface area contributed by atoms with Crippen LogP contribution in [0.4, 0.5) is 0 Å². The molecular formula is C14H27N3O. The third kappa shape index (κ3) is 3.23. The van der Waals surface area contributed by atoms with Crippen molar-refractivity contribution in [2.24, 2.45) is 5.73 Å². The van der Waals surface area contributed by atoms with Gasteiger partial charge in [-0.3, -0.25) is 9.69 Å². The Morgan fingerprint density at radius 3 is 2.44 bits per heavy atom. The highest BCUT2D eigenvalue weighted by atomic mass is 16.2. The Labute approximate surface area is 110 Å². The van der Waals surface area contributed by atoms with E-state index in [0.717, 1.165) is 38.8 Å². The largest absolute Gasteiger partial charge is 0.336 e. The number of carbonyl (C=O) groups is 1. The maximum atomic E-state index is 12.4. The van der Waals surface area contributed by atoms with E-state index in [0.29, 0.717) is 24.5 Å². The summed E-state index contributed by atoms with van der Waals surface area (Å²) in [4.78, 5) is 16.8. The van der Waals surface area contributed by atoms with Gasteiger partial charge in [0.2, 0.25) is 5.91 Å². The first-order valence-corrected chi connectivity index (χ1v) is 7.37. The molecule has 0 saturated carbocycles. The van der Waals surface area contributed by atoms with Crippen molar-refractivity contribution in [2.45, 2.75) is 64.1 Å². The van der Waals surface area contributed by atoms with Gasteiger partial charge in [-0.1, -0.05) is 0 Å². The lowest BCUT2D eigenvalue weighted by Gasteiger charge is -2.41. The lowest BCUT2D eigenvalue weighted by molar-refractivity contribution is -0.138. The number of nitrogens with zero attached hydrogens (tertiary/aromatic N) is 2. The van der Waals surface area contributed by atoms with Crippen molar-refractivity contribution in [3.63, 3.8) is 0 Å². The van der Waals surface area contributed by atoms with Gasteiger partial charge in [0.05, 0.1) is 6.54 Å². The van der Waals surface area contributed by atoms with Gasteiger partial charge in [-0.2, -0.15) is 0 Å². The van der Waals surface area contributed by atoms with Crippen LogP contribution in [0.2, 0.25) is 0 Å². The first kappa shape index (κ1) is 13.8. The molecule has 4 nitrogen and oxygen atoms in total. The van der Waals surface area contributed by atoms with Crippen molar-refractivity contribution in [1.82, 2.24) is 9.80 Å². The lowest BCUT2D eigenvalue weighted by atomic mass is 9.97. The van der Waals surface area contributed by atoms with Gasteiger partial charge in [0.1, 0.15) is 0 Å². The van der Waals surface area contributed by atoms with Gasteiger partial charge in [0.15, 0.2) is 0 Å². The summed E-state index contributed by atoms with van der Waals surface area (Å²) in [6.07, 6.45) is 5.77. The predicted octanol–water partition coefficient (Wildman–Crippen LogP) is 1.20. The van der Waals surface area contributed by atoms with Gasteiger partial charge in [-0.15, -0.1) is 0 Å². The molecule has 3 atom stereocenters. The Hall–Kier alpha value is -0.610. The number of rotatable bonds is 2. The molecule has 0 spiro atoms. The number of carbonyl (C=O) groups excluding carboxylic acids is 1. The fourth-order valence-corrected chi connectivity index (χ4v) is 3.42. The number of nitrogens with two attached hydrogens (primary N) is 1. The average molecular weight is 253 g/mol. The van der Waals surface area contributed by atoms with Crippen LogP contribution in [0.25, 0.3) is 0 Å². The van der Waals surface area contributed by atoms with E-state index in [-0.39, 0.29) is 6.04 Å². The van der Waals surface area contributed by atoms with Crippen molar-refractivity contribution in [1.29, 1.82) is 0 Å². The average Bonchev–Trinajstić information content (AvgIpc) is 2.28. The monoisotopic (exact) mass is 253 g/mol. The van der Waals surface area contributed by atoms with E-state index in [1.54, 1.807) is 0 Å². The second-order valence-corrected chi connectivity index (χ2v) is 6.07. The molecule has 2 N–H and O–H groups in total. The minimum Gasteiger partial charge on any atom is -0.336 e. The summed E-state index contributed by atoms with van der Waals surface area (Å²) < 4.78 is 0. The molecule has 1 amide bonds. The highest BCUT2D eigenvalue weighted by Gasteiger charge is 2.30. The van der Waals surface area contributed by atoms with E-state index in [4.69, 9.17) is 5.73 Å². The zero-order valence-corrected chi connectivity index (χ0v) is 11.8. The molecular weight excluding hydrogens is 226 g/mol. The summed E-state index contributed by atoms with van der Waals surface area (Å²) in [6, 6.07) is 1.06. The first-order valence-electron chi connectivity index (χ1n) is 7.37. The van der Waals surface area contributed by atoms with Crippen LogP contribution >= 0.6 is 0 Å². The summed E-state index contributed by atoms with van der Waals surface area (Å²) in [5, 5.41) is 0. The Balaban J connectivity index is 1.89.